The molecule has 0 saturated heterocycles. The lowest BCUT2D eigenvalue weighted by atomic mass is 9.87. The minimum absolute atomic E-state index is 0.315. The molecule has 1 N–H and O–H groups in total. The Bertz CT molecular complexity index is 633. The molecule has 0 aliphatic rings. The zero-order valence-electron chi connectivity index (χ0n) is 12.7. The minimum Gasteiger partial charge on any atom is -0.384 e. The predicted octanol–water partition coefficient (Wildman–Crippen LogP) is 4.45. The molecule has 2 aromatic carbocycles. The Balaban J connectivity index is 2.65. The average molecular weight is 272 g/mol. The zero-order valence-corrected chi connectivity index (χ0v) is 12.7. The van der Waals surface area contributed by atoms with Crippen LogP contribution in [-0.4, -0.2) is 5.11 Å². The van der Waals surface area contributed by atoms with Crippen molar-refractivity contribution < 1.29 is 9.50 Å². The standard InChI is InChI=1S/C18H21FO/c1-10-6-7-15(19)9-16(10)18(20)17-13(4)11(2)8-12(3)14(17)5/h6-9,18,20H,1-5H3. The van der Waals surface area contributed by atoms with Crippen molar-refractivity contribution in [2.75, 3.05) is 0 Å². The van der Waals surface area contributed by atoms with Gasteiger partial charge in [0.05, 0.1) is 0 Å². The van der Waals surface area contributed by atoms with Crippen molar-refractivity contribution in [3.63, 3.8) is 0 Å². The summed E-state index contributed by atoms with van der Waals surface area (Å²) in [6.07, 6.45) is -0.788. The van der Waals surface area contributed by atoms with Crippen molar-refractivity contribution in [3.8, 4) is 0 Å². The van der Waals surface area contributed by atoms with Gasteiger partial charge in [-0.05, 0) is 85.7 Å². The number of aryl methyl sites for hydroxylation is 3. The van der Waals surface area contributed by atoms with Gasteiger partial charge in [-0.1, -0.05) is 12.1 Å². The lowest BCUT2D eigenvalue weighted by molar-refractivity contribution is 0.217. The first-order valence-corrected chi connectivity index (χ1v) is 6.84. The van der Waals surface area contributed by atoms with Crippen molar-refractivity contribution in [3.05, 3.63) is 69.0 Å². The van der Waals surface area contributed by atoms with Gasteiger partial charge in [0, 0.05) is 0 Å². The second kappa shape index (κ2) is 5.37. The summed E-state index contributed by atoms with van der Waals surface area (Å²) < 4.78 is 13.5. The number of aliphatic hydroxyl groups is 1. The first-order chi connectivity index (χ1) is 9.32. The van der Waals surface area contributed by atoms with Gasteiger partial charge in [-0.2, -0.15) is 0 Å². The van der Waals surface area contributed by atoms with E-state index in [-0.39, 0.29) is 5.82 Å². The molecule has 0 fully saturated rings. The molecule has 0 bridgehead atoms. The van der Waals surface area contributed by atoms with Gasteiger partial charge in [0.15, 0.2) is 0 Å². The summed E-state index contributed by atoms with van der Waals surface area (Å²) in [5.41, 5.74) is 6.88. The van der Waals surface area contributed by atoms with Gasteiger partial charge < -0.3 is 5.11 Å². The third-order valence-corrected chi connectivity index (χ3v) is 4.23. The van der Waals surface area contributed by atoms with Crippen molar-refractivity contribution in [1.29, 1.82) is 0 Å². The van der Waals surface area contributed by atoms with Crippen molar-refractivity contribution in [2.24, 2.45) is 0 Å². The molecule has 1 nitrogen and oxygen atoms in total. The first-order valence-electron chi connectivity index (χ1n) is 6.84. The van der Waals surface area contributed by atoms with Crippen LogP contribution >= 0.6 is 0 Å². The van der Waals surface area contributed by atoms with Crippen LogP contribution in [0.2, 0.25) is 0 Å². The SMILES string of the molecule is Cc1ccc(F)cc1C(O)c1c(C)c(C)cc(C)c1C. The minimum atomic E-state index is -0.788. The van der Waals surface area contributed by atoms with Crippen LogP contribution in [-0.2, 0) is 0 Å². The highest BCUT2D eigenvalue weighted by molar-refractivity contribution is 5.49. The van der Waals surface area contributed by atoms with Crippen LogP contribution in [0, 0.1) is 40.4 Å². The third-order valence-electron chi connectivity index (χ3n) is 4.23. The number of benzene rings is 2. The van der Waals surface area contributed by atoms with Crippen LogP contribution in [0.4, 0.5) is 4.39 Å². The van der Waals surface area contributed by atoms with E-state index in [9.17, 15) is 9.50 Å². The number of hydrogen-bond acceptors (Lipinski definition) is 1. The van der Waals surface area contributed by atoms with Gasteiger partial charge in [0.25, 0.3) is 0 Å². The van der Waals surface area contributed by atoms with Crippen molar-refractivity contribution >= 4 is 0 Å². The predicted molar refractivity (Wildman–Crippen MR) is 80.6 cm³/mol. The molecule has 2 aromatic rings. The first kappa shape index (κ1) is 14.7. The van der Waals surface area contributed by atoms with Gasteiger partial charge in [0.2, 0.25) is 0 Å². The molecule has 106 valence electrons. The molecule has 0 heterocycles. The monoisotopic (exact) mass is 272 g/mol. The molecule has 0 saturated carbocycles. The summed E-state index contributed by atoms with van der Waals surface area (Å²) in [5.74, 6) is -0.315. The highest BCUT2D eigenvalue weighted by Gasteiger charge is 2.20. The van der Waals surface area contributed by atoms with E-state index in [2.05, 4.69) is 6.07 Å². The van der Waals surface area contributed by atoms with E-state index >= 15 is 0 Å². The summed E-state index contributed by atoms with van der Waals surface area (Å²) in [5, 5.41) is 10.7. The highest BCUT2D eigenvalue weighted by Crippen LogP contribution is 2.33. The molecule has 1 unspecified atom stereocenters. The fourth-order valence-electron chi connectivity index (χ4n) is 2.72. The topological polar surface area (TPSA) is 20.2 Å². The van der Waals surface area contributed by atoms with Crippen molar-refractivity contribution in [2.45, 2.75) is 40.7 Å². The number of halogens is 1. The van der Waals surface area contributed by atoms with Gasteiger partial charge >= 0.3 is 0 Å². The Hall–Kier alpha value is -1.67. The maximum Gasteiger partial charge on any atom is 0.123 e. The maximum absolute atomic E-state index is 13.5. The van der Waals surface area contributed by atoms with E-state index in [1.165, 1.54) is 12.1 Å². The van der Waals surface area contributed by atoms with Crippen molar-refractivity contribution in [1.82, 2.24) is 0 Å². The summed E-state index contributed by atoms with van der Waals surface area (Å²) in [7, 11) is 0. The van der Waals surface area contributed by atoms with E-state index in [0.717, 1.165) is 33.4 Å². The summed E-state index contributed by atoms with van der Waals surface area (Å²) >= 11 is 0. The average Bonchev–Trinajstić information content (AvgIpc) is 2.39. The molecule has 2 rings (SSSR count). The molecule has 0 spiro atoms. The second-order valence-corrected chi connectivity index (χ2v) is 5.58. The summed E-state index contributed by atoms with van der Waals surface area (Å²) in [6, 6.07) is 6.68. The summed E-state index contributed by atoms with van der Waals surface area (Å²) in [4.78, 5) is 0. The molecular formula is C18H21FO. The Labute approximate surface area is 120 Å². The molecule has 1 atom stereocenters. The second-order valence-electron chi connectivity index (χ2n) is 5.58. The van der Waals surface area contributed by atoms with Gasteiger partial charge in [-0.3, -0.25) is 0 Å². The zero-order chi connectivity index (χ0) is 15.0. The lowest BCUT2D eigenvalue weighted by Gasteiger charge is -2.22. The quantitative estimate of drug-likeness (QED) is 0.856. The fourth-order valence-corrected chi connectivity index (χ4v) is 2.72. The van der Waals surface area contributed by atoms with Crippen LogP contribution in [0.15, 0.2) is 24.3 Å². The van der Waals surface area contributed by atoms with Gasteiger partial charge in [-0.15, -0.1) is 0 Å². The van der Waals surface area contributed by atoms with E-state index < -0.39 is 6.10 Å². The van der Waals surface area contributed by atoms with Crippen LogP contribution in [0.3, 0.4) is 0 Å². The molecule has 0 aliphatic heterocycles. The van der Waals surface area contributed by atoms with E-state index in [4.69, 9.17) is 0 Å². The van der Waals surface area contributed by atoms with Crippen LogP contribution in [0.25, 0.3) is 0 Å². The molecular weight excluding hydrogens is 251 g/mol. The number of hydrogen-bond donors (Lipinski definition) is 1. The number of rotatable bonds is 2. The molecule has 0 aromatic heterocycles. The van der Waals surface area contributed by atoms with Crippen LogP contribution < -0.4 is 0 Å². The maximum atomic E-state index is 13.5. The molecule has 0 radical (unpaired) electrons. The Morgan fingerprint density at radius 3 is 1.95 bits per heavy atom. The summed E-state index contributed by atoms with van der Waals surface area (Å²) in [6.45, 7) is 9.99. The molecule has 0 amide bonds. The Morgan fingerprint density at radius 1 is 0.850 bits per heavy atom. The Morgan fingerprint density at radius 2 is 1.40 bits per heavy atom. The number of aliphatic hydroxyl groups excluding tert-OH is 1. The lowest BCUT2D eigenvalue weighted by Crippen LogP contribution is -2.09. The smallest absolute Gasteiger partial charge is 0.123 e. The van der Waals surface area contributed by atoms with Crippen LogP contribution in [0.1, 0.15) is 45.0 Å². The highest BCUT2D eigenvalue weighted by atomic mass is 19.1. The molecule has 2 heteroatoms. The largest absolute Gasteiger partial charge is 0.384 e. The van der Waals surface area contributed by atoms with Gasteiger partial charge in [0.1, 0.15) is 11.9 Å². The van der Waals surface area contributed by atoms with Crippen LogP contribution in [0.5, 0.6) is 0 Å². The van der Waals surface area contributed by atoms with E-state index in [1.54, 1.807) is 6.07 Å². The third kappa shape index (κ3) is 2.48. The van der Waals surface area contributed by atoms with Gasteiger partial charge in [-0.25, -0.2) is 4.39 Å². The molecule has 20 heavy (non-hydrogen) atoms. The Kier molecular flexibility index (Phi) is 3.96. The van der Waals surface area contributed by atoms with E-state index in [1.807, 2.05) is 34.6 Å². The van der Waals surface area contributed by atoms with E-state index in [0.29, 0.717) is 5.56 Å². The molecule has 0 aliphatic carbocycles. The normalized spacial score (nSPS) is 12.6. The fraction of sp³-hybridized carbons (Fsp3) is 0.333.